The number of fused-ring (bicyclic) bond motifs is 1. The molecule has 1 atom stereocenters. The van der Waals surface area contributed by atoms with Crippen molar-refractivity contribution < 1.29 is 5.11 Å². The van der Waals surface area contributed by atoms with Crippen molar-refractivity contribution in [2.45, 2.75) is 39.6 Å². The third-order valence-corrected chi connectivity index (χ3v) is 5.20. The van der Waals surface area contributed by atoms with E-state index in [0.717, 1.165) is 42.6 Å². The molecule has 0 spiro atoms. The van der Waals surface area contributed by atoms with Gasteiger partial charge in [-0.3, -0.25) is 9.58 Å². The molecule has 1 aliphatic heterocycles. The van der Waals surface area contributed by atoms with Crippen molar-refractivity contribution in [3.8, 4) is 0 Å². The first-order valence-corrected chi connectivity index (χ1v) is 8.78. The minimum atomic E-state index is -0.525. The molecule has 2 aromatic rings. The van der Waals surface area contributed by atoms with Crippen molar-refractivity contribution in [3.63, 3.8) is 0 Å². The van der Waals surface area contributed by atoms with Gasteiger partial charge in [0.25, 0.3) is 0 Å². The second kappa shape index (κ2) is 6.68. The maximum absolute atomic E-state index is 10.2. The van der Waals surface area contributed by atoms with Gasteiger partial charge in [-0.15, -0.1) is 11.3 Å². The van der Waals surface area contributed by atoms with Gasteiger partial charge in [-0.05, 0) is 34.0 Å². The maximum Gasteiger partial charge on any atom is 0.110 e. The van der Waals surface area contributed by atoms with Crippen molar-refractivity contribution in [1.29, 1.82) is 0 Å². The zero-order valence-corrected chi connectivity index (χ0v) is 15.1. The van der Waals surface area contributed by atoms with E-state index in [9.17, 15) is 5.11 Å². The number of aromatic nitrogens is 3. The Hall–Kier alpha value is -1.28. The van der Waals surface area contributed by atoms with Gasteiger partial charge in [0.2, 0.25) is 0 Å². The molecule has 126 valence electrons. The average molecular weight is 335 g/mol. The molecular weight excluding hydrogens is 310 g/mol. The highest BCUT2D eigenvalue weighted by Crippen LogP contribution is 2.23. The molecule has 0 aromatic carbocycles. The minimum absolute atomic E-state index is 0.525. The molecule has 2 aromatic heterocycles. The maximum atomic E-state index is 10.2. The van der Waals surface area contributed by atoms with Crippen LogP contribution in [0.5, 0.6) is 0 Å². The van der Waals surface area contributed by atoms with Crippen LogP contribution in [0.2, 0.25) is 0 Å². The number of hydrogen-bond acceptors (Lipinski definition) is 6. The zero-order chi connectivity index (χ0) is 16.6. The fourth-order valence-electron chi connectivity index (χ4n) is 3.00. The minimum Gasteiger partial charge on any atom is -0.385 e. The predicted molar refractivity (Wildman–Crippen MR) is 91.4 cm³/mol. The van der Waals surface area contributed by atoms with Crippen molar-refractivity contribution in [2.75, 3.05) is 27.2 Å². The lowest BCUT2D eigenvalue weighted by Crippen LogP contribution is -2.33. The quantitative estimate of drug-likeness (QED) is 0.899. The molecule has 0 unspecified atom stereocenters. The molecule has 1 aliphatic rings. The summed E-state index contributed by atoms with van der Waals surface area (Å²) in [5.41, 5.74) is 3.11. The van der Waals surface area contributed by atoms with Gasteiger partial charge < -0.3 is 10.0 Å². The number of aryl methyl sites for hydroxylation is 2. The van der Waals surface area contributed by atoms with Gasteiger partial charge >= 0.3 is 0 Å². The number of hydrogen-bond donors (Lipinski definition) is 1. The van der Waals surface area contributed by atoms with E-state index in [4.69, 9.17) is 0 Å². The van der Waals surface area contributed by atoms with Crippen molar-refractivity contribution >= 4 is 11.3 Å². The Labute approximate surface area is 141 Å². The zero-order valence-electron chi connectivity index (χ0n) is 14.3. The molecule has 1 N–H and O–H groups in total. The van der Waals surface area contributed by atoms with E-state index in [1.54, 1.807) is 11.3 Å². The van der Waals surface area contributed by atoms with Gasteiger partial charge in [0, 0.05) is 31.1 Å². The predicted octanol–water partition coefficient (Wildman–Crippen LogP) is 1.57. The third-order valence-electron chi connectivity index (χ3n) is 4.14. The summed E-state index contributed by atoms with van der Waals surface area (Å²) in [6.07, 6.45) is -0.525. The number of rotatable bonds is 5. The smallest absolute Gasteiger partial charge is 0.110 e. The Morgan fingerprint density at radius 3 is 2.78 bits per heavy atom. The van der Waals surface area contributed by atoms with E-state index in [0.29, 0.717) is 6.54 Å². The van der Waals surface area contributed by atoms with Gasteiger partial charge in [-0.1, -0.05) is 0 Å². The lowest BCUT2D eigenvalue weighted by atomic mass is 10.2. The summed E-state index contributed by atoms with van der Waals surface area (Å²) in [5.74, 6) is 0. The first-order valence-electron chi connectivity index (χ1n) is 7.97. The Kier molecular flexibility index (Phi) is 4.82. The van der Waals surface area contributed by atoms with Crippen molar-refractivity contribution in [2.24, 2.45) is 0 Å². The lowest BCUT2D eigenvalue weighted by Gasteiger charge is -2.27. The summed E-state index contributed by atoms with van der Waals surface area (Å²) in [4.78, 5) is 10.3. The molecule has 0 saturated heterocycles. The number of aliphatic hydroxyl groups is 1. The highest BCUT2D eigenvalue weighted by molar-refractivity contribution is 7.11. The summed E-state index contributed by atoms with van der Waals surface area (Å²) >= 11 is 1.79. The van der Waals surface area contributed by atoms with Crippen LogP contribution < -0.4 is 0 Å². The van der Waals surface area contributed by atoms with E-state index in [-0.39, 0.29) is 0 Å². The van der Waals surface area contributed by atoms with Crippen LogP contribution in [0.3, 0.4) is 0 Å². The van der Waals surface area contributed by atoms with Crippen molar-refractivity contribution in [1.82, 2.24) is 24.6 Å². The second-order valence-corrected chi connectivity index (χ2v) is 7.80. The monoisotopic (exact) mass is 335 g/mol. The van der Waals surface area contributed by atoms with Gasteiger partial charge in [0.1, 0.15) is 6.10 Å². The topological polar surface area (TPSA) is 57.4 Å². The van der Waals surface area contributed by atoms with Gasteiger partial charge in [-0.25, -0.2) is 4.98 Å². The lowest BCUT2D eigenvalue weighted by molar-refractivity contribution is 0.133. The molecule has 3 heterocycles. The Morgan fingerprint density at radius 1 is 1.35 bits per heavy atom. The van der Waals surface area contributed by atoms with Crippen LogP contribution >= 0.6 is 11.3 Å². The molecule has 0 bridgehead atoms. The van der Waals surface area contributed by atoms with Crippen molar-refractivity contribution in [3.05, 3.63) is 33.0 Å². The summed E-state index contributed by atoms with van der Waals surface area (Å²) in [6.45, 7) is 8.42. The highest BCUT2D eigenvalue weighted by Gasteiger charge is 2.22. The normalized spacial score (nSPS) is 16.8. The number of likely N-dealkylation sites (N-methyl/N-ethyl adjacent to an activating group) is 1. The first kappa shape index (κ1) is 16.6. The summed E-state index contributed by atoms with van der Waals surface area (Å²) < 4.78 is 2.04. The van der Waals surface area contributed by atoms with Crippen LogP contribution in [0.4, 0.5) is 0 Å². The molecule has 3 rings (SSSR count). The molecule has 0 amide bonds. The largest absolute Gasteiger partial charge is 0.385 e. The van der Waals surface area contributed by atoms with Crippen LogP contribution in [-0.2, 0) is 19.6 Å². The number of thiazole rings is 1. The molecule has 7 heteroatoms. The van der Waals surface area contributed by atoms with Crippen LogP contribution in [0, 0.1) is 13.8 Å². The summed E-state index contributed by atoms with van der Waals surface area (Å²) in [7, 11) is 3.92. The summed E-state index contributed by atoms with van der Waals surface area (Å²) in [6, 6.07) is 2.05. The van der Waals surface area contributed by atoms with E-state index in [1.165, 1.54) is 10.6 Å². The van der Waals surface area contributed by atoms with E-state index < -0.39 is 6.10 Å². The SMILES string of the molecule is Cc1nc(C)c(CN2CCn3nc([C@H](O)CN(C)C)cc3C2)s1. The summed E-state index contributed by atoms with van der Waals surface area (Å²) in [5, 5.41) is 15.9. The Morgan fingerprint density at radius 2 is 2.13 bits per heavy atom. The molecule has 23 heavy (non-hydrogen) atoms. The van der Waals surface area contributed by atoms with Gasteiger partial charge in [0.05, 0.1) is 28.6 Å². The van der Waals surface area contributed by atoms with Gasteiger partial charge in [0.15, 0.2) is 0 Å². The fourth-order valence-corrected chi connectivity index (χ4v) is 3.98. The first-order chi connectivity index (χ1) is 10.9. The van der Waals surface area contributed by atoms with Crippen LogP contribution in [0.15, 0.2) is 6.07 Å². The van der Waals surface area contributed by atoms with E-state index in [1.807, 2.05) is 29.7 Å². The Bertz CT molecular complexity index is 678. The molecule has 0 aliphatic carbocycles. The third kappa shape index (κ3) is 3.80. The van der Waals surface area contributed by atoms with Crippen LogP contribution in [0.1, 0.15) is 33.1 Å². The molecule has 0 fully saturated rings. The van der Waals surface area contributed by atoms with E-state index in [2.05, 4.69) is 28.8 Å². The molecular formula is C16H25N5OS. The molecule has 6 nitrogen and oxygen atoms in total. The molecule has 0 saturated carbocycles. The number of aliphatic hydroxyl groups excluding tert-OH is 1. The fraction of sp³-hybridized carbons (Fsp3) is 0.625. The second-order valence-electron chi connectivity index (χ2n) is 6.51. The molecule has 0 radical (unpaired) electrons. The van der Waals surface area contributed by atoms with Gasteiger partial charge in [-0.2, -0.15) is 5.10 Å². The highest BCUT2D eigenvalue weighted by atomic mass is 32.1. The number of nitrogens with zero attached hydrogens (tertiary/aromatic N) is 5. The Balaban J connectivity index is 1.68. The standard InChI is InChI=1S/C16H25N5OS/c1-11-16(23-12(2)17-11)10-20-5-6-21-13(8-20)7-14(18-21)15(22)9-19(3)4/h7,15,22H,5-6,8-10H2,1-4H3/t15-/m1/s1. The average Bonchev–Trinajstić information content (AvgIpc) is 3.01. The van der Waals surface area contributed by atoms with Crippen LogP contribution in [0.25, 0.3) is 0 Å². The van der Waals surface area contributed by atoms with E-state index >= 15 is 0 Å². The van der Waals surface area contributed by atoms with Crippen LogP contribution in [-0.4, -0.2) is 56.9 Å².